The van der Waals surface area contributed by atoms with E-state index in [1.807, 2.05) is 0 Å². The van der Waals surface area contributed by atoms with Crippen LogP contribution in [0.15, 0.2) is 0 Å². The first-order valence-electron chi connectivity index (χ1n) is 3.23. The molecular weight excluding hydrogens is 150 g/mol. The standard InChI is InChI=1S/C4H10O3.C2H5NO/c5-1-3-7-4-2-6;1-3-2-4/h5-6H,1-4H2;2H,1H3,(H,3,4). The van der Waals surface area contributed by atoms with Crippen molar-refractivity contribution in [3.05, 3.63) is 0 Å². The Labute approximate surface area is 66.0 Å². The lowest BCUT2D eigenvalue weighted by atomic mass is 10.7. The van der Waals surface area contributed by atoms with Gasteiger partial charge < -0.3 is 20.3 Å². The number of ether oxygens (including phenoxy) is 1. The molecule has 0 heterocycles. The summed E-state index contributed by atoms with van der Waals surface area (Å²) >= 11 is 0. The molecule has 0 aliphatic carbocycles. The Morgan fingerprint density at radius 1 is 1.36 bits per heavy atom. The van der Waals surface area contributed by atoms with Crippen molar-refractivity contribution in [3.8, 4) is 0 Å². The highest BCUT2D eigenvalue weighted by molar-refractivity contribution is 5.44. The number of amides is 1. The van der Waals surface area contributed by atoms with Crippen LogP contribution < -0.4 is 5.32 Å². The van der Waals surface area contributed by atoms with Crippen LogP contribution in [0, 0.1) is 0 Å². The van der Waals surface area contributed by atoms with Gasteiger partial charge in [-0.05, 0) is 0 Å². The molecule has 0 radical (unpaired) electrons. The number of carbonyl (C=O) groups excluding carboxylic acids is 1. The van der Waals surface area contributed by atoms with Crippen LogP contribution in [0.3, 0.4) is 0 Å². The van der Waals surface area contributed by atoms with Crippen LogP contribution in [-0.2, 0) is 9.53 Å². The van der Waals surface area contributed by atoms with Gasteiger partial charge in [-0.2, -0.15) is 0 Å². The van der Waals surface area contributed by atoms with Gasteiger partial charge in [-0.15, -0.1) is 0 Å². The zero-order chi connectivity index (χ0) is 8.95. The van der Waals surface area contributed by atoms with Crippen LogP contribution >= 0.6 is 0 Å². The van der Waals surface area contributed by atoms with Crippen molar-refractivity contribution in [2.75, 3.05) is 33.5 Å². The first kappa shape index (κ1) is 13.0. The lowest BCUT2D eigenvalue weighted by Gasteiger charge is -1.94. The van der Waals surface area contributed by atoms with Crippen LogP contribution in [0.25, 0.3) is 0 Å². The first-order valence-corrected chi connectivity index (χ1v) is 3.23. The van der Waals surface area contributed by atoms with Gasteiger partial charge in [0.15, 0.2) is 0 Å². The van der Waals surface area contributed by atoms with Crippen molar-refractivity contribution >= 4 is 6.41 Å². The summed E-state index contributed by atoms with van der Waals surface area (Å²) in [6, 6.07) is 0. The van der Waals surface area contributed by atoms with Gasteiger partial charge in [-0.3, -0.25) is 4.79 Å². The average Bonchev–Trinajstić information content (AvgIpc) is 2.06. The highest BCUT2D eigenvalue weighted by atomic mass is 16.5. The first-order chi connectivity index (χ1) is 5.33. The number of hydrogen-bond donors (Lipinski definition) is 3. The van der Waals surface area contributed by atoms with Gasteiger partial charge in [0.2, 0.25) is 6.41 Å². The monoisotopic (exact) mass is 165 g/mol. The predicted molar refractivity (Wildman–Crippen MR) is 40.1 cm³/mol. The van der Waals surface area contributed by atoms with E-state index >= 15 is 0 Å². The molecule has 0 saturated carbocycles. The van der Waals surface area contributed by atoms with Crippen LogP contribution in [0.2, 0.25) is 0 Å². The summed E-state index contributed by atoms with van der Waals surface area (Å²) in [4.78, 5) is 9.06. The van der Waals surface area contributed by atoms with E-state index in [1.165, 1.54) is 0 Å². The van der Waals surface area contributed by atoms with Crippen molar-refractivity contribution in [2.45, 2.75) is 0 Å². The molecule has 68 valence electrons. The Kier molecular flexibility index (Phi) is 19.1. The molecule has 0 saturated heterocycles. The second kappa shape index (κ2) is 16.2. The van der Waals surface area contributed by atoms with Crippen molar-refractivity contribution in [1.29, 1.82) is 0 Å². The fourth-order valence-electron chi connectivity index (χ4n) is 0.231. The molecule has 3 N–H and O–H groups in total. The summed E-state index contributed by atoms with van der Waals surface area (Å²) in [7, 11) is 1.56. The third kappa shape index (κ3) is 26.7. The normalized spacial score (nSPS) is 7.91. The minimum Gasteiger partial charge on any atom is -0.394 e. The van der Waals surface area contributed by atoms with E-state index in [2.05, 4.69) is 10.1 Å². The van der Waals surface area contributed by atoms with Crippen LogP contribution in [0.4, 0.5) is 0 Å². The summed E-state index contributed by atoms with van der Waals surface area (Å²) in [5.41, 5.74) is 0. The maximum absolute atomic E-state index is 9.06. The highest BCUT2D eigenvalue weighted by Crippen LogP contribution is 1.68. The molecular formula is C6H15NO4. The van der Waals surface area contributed by atoms with Crippen molar-refractivity contribution in [2.24, 2.45) is 0 Å². The molecule has 5 heteroatoms. The summed E-state index contributed by atoms with van der Waals surface area (Å²) in [5.74, 6) is 0. The zero-order valence-corrected chi connectivity index (χ0v) is 6.62. The van der Waals surface area contributed by atoms with Crippen LogP contribution in [0.5, 0.6) is 0 Å². The topological polar surface area (TPSA) is 78.8 Å². The molecule has 0 aromatic rings. The van der Waals surface area contributed by atoms with Crippen LogP contribution in [-0.4, -0.2) is 50.1 Å². The molecule has 0 aromatic heterocycles. The molecule has 0 aromatic carbocycles. The quantitative estimate of drug-likeness (QED) is 0.337. The lowest BCUT2D eigenvalue weighted by Crippen LogP contribution is -2.03. The molecule has 1 amide bonds. The number of nitrogens with one attached hydrogen (secondary N) is 1. The van der Waals surface area contributed by atoms with Crippen molar-refractivity contribution in [3.63, 3.8) is 0 Å². The lowest BCUT2D eigenvalue weighted by molar-refractivity contribution is -0.109. The minimum atomic E-state index is 0.0278. The van der Waals surface area contributed by atoms with E-state index in [9.17, 15) is 0 Å². The highest BCUT2D eigenvalue weighted by Gasteiger charge is 1.79. The minimum absolute atomic E-state index is 0.0278. The molecule has 0 bridgehead atoms. The molecule has 0 unspecified atom stereocenters. The van der Waals surface area contributed by atoms with Gasteiger partial charge in [0.25, 0.3) is 0 Å². The third-order valence-electron chi connectivity index (χ3n) is 0.589. The Bertz CT molecular complexity index is 65.6. The van der Waals surface area contributed by atoms with E-state index in [-0.39, 0.29) is 13.2 Å². The largest absolute Gasteiger partial charge is 0.394 e. The summed E-state index contributed by atoms with van der Waals surface area (Å²) < 4.78 is 4.63. The number of aliphatic hydroxyl groups excluding tert-OH is 2. The number of rotatable bonds is 5. The second-order valence-electron chi connectivity index (χ2n) is 1.47. The maximum atomic E-state index is 9.06. The Morgan fingerprint density at radius 2 is 1.73 bits per heavy atom. The van der Waals surface area contributed by atoms with E-state index in [4.69, 9.17) is 15.0 Å². The molecule has 5 nitrogen and oxygen atoms in total. The van der Waals surface area contributed by atoms with Gasteiger partial charge in [-0.25, -0.2) is 0 Å². The molecule has 0 spiro atoms. The van der Waals surface area contributed by atoms with Gasteiger partial charge >= 0.3 is 0 Å². The van der Waals surface area contributed by atoms with E-state index in [0.717, 1.165) is 0 Å². The Hall–Kier alpha value is -0.650. The average molecular weight is 165 g/mol. The van der Waals surface area contributed by atoms with Crippen LogP contribution in [0.1, 0.15) is 0 Å². The molecule has 11 heavy (non-hydrogen) atoms. The van der Waals surface area contributed by atoms with E-state index in [1.54, 1.807) is 7.05 Å². The molecule has 0 aliphatic rings. The van der Waals surface area contributed by atoms with Gasteiger partial charge in [0, 0.05) is 7.05 Å². The fourth-order valence-corrected chi connectivity index (χ4v) is 0.231. The molecule has 0 fully saturated rings. The number of hydrogen-bond acceptors (Lipinski definition) is 4. The van der Waals surface area contributed by atoms with Gasteiger partial charge in [-0.1, -0.05) is 0 Å². The number of carbonyl (C=O) groups is 1. The molecule has 0 atom stereocenters. The second-order valence-corrected chi connectivity index (χ2v) is 1.47. The third-order valence-corrected chi connectivity index (χ3v) is 0.589. The summed E-state index contributed by atoms with van der Waals surface area (Å²) in [6.45, 7) is 0.696. The molecule has 0 aliphatic heterocycles. The zero-order valence-electron chi connectivity index (χ0n) is 6.62. The van der Waals surface area contributed by atoms with Crippen molar-refractivity contribution < 1.29 is 19.7 Å². The Balaban J connectivity index is 0. The van der Waals surface area contributed by atoms with Crippen molar-refractivity contribution in [1.82, 2.24) is 5.32 Å². The SMILES string of the molecule is CNC=O.OCCOCCO. The maximum Gasteiger partial charge on any atom is 0.206 e. The van der Waals surface area contributed by atoms with Gasteiger partial charge in [0.05, 0.1) is 26.4 Å². The van der Waals surface area contributed by atoms with E-state index in [0.29, 0.717) is 19.6 Å². The molecule has 0 rings (SSSR count). The fraction of sp³-hybridized carbons (Fsp3) is 0.833. The summed E-state index contributed by atoms with van der Waals surface area (Å²) in [5, 5.41) is 18.4. The van der Waals surface area contributed by atoms with E-state index < -0.39 is 0 Å². The summed E-state index contributed by atoms with van der Waals surface area (Å²) in [6.07, 6.45) is 0.625. The predicted octanol–water partition coefficient (Wildman–Crippen LogP) is -1.65. The smallest absolute Gasteiger partial charge is 0.206 e. The van der Waals surface area contributed by atoms with Gasteiger partial charge in [0.1, 0.15) is 0 Å². The number of aliphatic hydroxyl groups is 2. The Morgan fingerprint density at radius 3 is 1.91 bits per heavy atom.